The van der Waals surface area contributed by atoms with Crippen LogP contribution < -0.4 is 20.1 Å². The number of carbonyl (C=O) groups is 1. The van der Waals surface area contributed by atoms with Crippen molar-refractivity contribution in [1.29, 1.82) is 0 Å². The first kappa shape index (κ1) is 20.9. The first-order chi connectivity index (χ1) is 12.7. The van der Waals surface area contributed by atoms with E-state index in [9.17, 15) is 13.2 Å². The number of ether oxygens (including phenoxy) is 1. The Morgan fingerprint density at radius 2 is 1.81 bits per heavy atom. The third-order valence-electron chi connectivity index (χ3n) is 3.50. The van der Waals surface area contributed by atoms with Crippen molar-refractivity contribution in [1.82, 2.24) is 5.32 Å². The molecule has 0 saturated heterocycles. The minimum absolute atomic E-state index is 0.0395. The molecule has 7 nitrogen and oxygen atoms in total. The number of methoxy groups -OCH3 is 1. The number of carbonyl (C=O) groups excluding carboxylic acids is 1. The number of hydrogen-bond donors (Lipinski definition) is 3. The van der Waals surface area contributed by atoms with E-state index < -0.39 is 10.0 Å². The summed E-state index contributed by atoms with van der Waals surface area (Å²) in [4.78, 5) is 11.8. The zero-order valence-electron chi connectivity index (χ0n) is 15.2. The molecular weight excluding hydrogens is 390 g/mol. The van der Waals surface area contributed by atoms with Gasteiger partial charge in [0.2, 0.25) is 0 Å². The predicted molar refractivity (Wildman–Crippen MR) is 107 cm³/mol. The minimum Gasteiger partial charge on any atom is -0.495 e. The molecule has 27 heavy (non-hydrogen) atoms. The Morgan fingerprint density at radius 3 is 2.41 bits per heavy atom. The molecule has 3 N–H and O–H groups in total. The van der Waals surface area contributed by atoms with Crippen LogP contribution in [0.4, 0.5) is 16.2 Å². The van der Waals surface area contributed by atoms with E-state index in [1.807, 2.05) is 13.8 Å². The number of urea groups is 1. The molecule has 2 aromatic rings. The topological polar surface area (TPSA) is 96.5 Å². The Kier molecular flexibility index (Phi) is 6.92. The molecule has 0 aliphatic carbocycles. The van der Waals surface area contributed by atoms with Crippen molar-refractivity contribution in [2.24, 2.45) is 5.92 Å². The second-order valence-corrected chi connectivity index (χ2v) is 8.32. The van der Waals surface area contributed by atoms with E-state index in [1.54, 1.807) is 12.1 Å². The molecule has 0 aliphatic rings. The summed E-state index contributed by atoms with van der Waals surface area (Å²) in [7, 11) is -2.41. The van der Waals surface area contributed by atoms with Crippen LogP contribution in [0.15, 0.2) is 47.4 Å². The zero-order chi connectivity index (χ0) is 20.0. The van der Waals surface area contributed by atoms with Gasteiger partial charge in [-0.2, -0.15) is 0 Å². The maximum absolute atomic E-state index is 12.6. The molecule has 0 bridgehead atoms. The number of halogens is 1. The Balaban J connectivity index is 2.11. The number of sulfonamides is 1. The lowest BCUT2D eigenvalue weighted by atomic mass is 10.2. The van der Waals surface area contributed by atoms with Gasteiger partial charge >= 0.3 is 6.03 Å². The average Bonchev–Trinajstić information content (AvgIpc) is 2.60. The van der Waals surface area contributed by atoms with E-state index in [4.69, 9.17) is 16.3 Å². The van der Waals surface area contributed by atoms with Gasteiger partial charge in [-0.15, -0.1) is 0 Å². The maximum Gasteiger partial charge on any atom is 0.319 e. The lowest BCUT2D eigenvalue weighted by molar-refractivity contribution is 0.251. The third-order valence-corrected chi connectivity index (χ3v) is 5.12. The maximum atomic E-state index is 12.6. The Hall–Kier alpha value is -2.45. The summed E-state index contributed by atoms with van der Waals surface area (Å²) in [6, 6.07) is 10.1. The number of amides is 2. The normalized spacial score (nSPS) is 11.1. The number of hydrogen-bond acceptors (Lipinski definition) is 4. The molecule has 2 rings (SSSR count). The summed E-state index contributed by atoms with van der Waals surface area (Å²) >= 11 is 5.93. The summed E-state index contributed by atoms with van der Waals surface area (Å²) in [6.45, 7) is 4.52. The van der Waals surface area contributed by atoms with Crippen molar-refractivity contribution in [2.45, 2.75) is 18.7 Å². The quantitative estimate of drug-likeness (QED) is 0.643. The van der Waals surface area contributed by atoms with Crippen molar-refractivity contribution < 1.29 is 17.9 Å². The number of anilines is 2. The standard InChI is InChI=1S/C18H22ClN3O4S/c1-12(2)11-20-18(23)21-14-5-7-15(8-6-14)27(24,25)22-16-10-13(19)4-9-17(16)26-3/h4-10,12,22H,11H2,1-3H3,(H2,20,21,23). The van der Waals surface area contributed by atoms with Crippen molar-refractivity contribution in [3.8, 4) is 5.75 Å². The van der Waals surface area contributed by atoms with E-state index in [2.05, 4.69) is 15.4 Å². The van der Waals surface area contributed by atoms with E-state index >= 15 is 0 Å². The largest absolute Gasteiger partial charge is 0.495 e. The molecular formula is C18H22ClN3O4S. The van der Waals surface area contributed by atoms with Crippen LogP contribution >= 0.6 is 11.6 Å². The number of rotatable bonds is 7. The summed E-state index contributed by atoms with van der Waals surface area (Å²) < 4.78 is 32.8. The van der Waals surface area contributed by atoms with Gasteiger partial charge in [0.15, 0.2) is 0 Å². The summed E-state index contributed by atoms with van der Waals surface area (Å²) in [5.41, 5.74) is 0.718. The lowest BCUT2D eigenvalue weighted by Gasteiger charge is -2.13. The molecule has 0 atom stereocenters. The van der Waals surface area contributed by atoms with Gasteiger partial charge in [0.05, 0.1) is 17.7 Å². The summed E-state index contributed by atoms with van der Waals surface area (Å²) in [5.74, 6) is 0.681. The number of benzene rings is 2. The molecule has 146 valence electrons. The van der Waals surface area contributed by atoms with Crippen molar-refractivity contribution in [3.05, 3.63) is 47.5 Å². The summed E-state index contributed by atoms with van der Waals surface area (Å²) in [5, 5.41) is 5.74. The summed E-state index contributed by atoms with van der Waals surface area (Å²) in [6.07, 6.45) is 0. The van der Waals surface area contributed by atoms with Crippen LogP contribution in [0.2, 0.25) is 5.02 Å². The predicted octanol–water partition coefficient (Wildman–Crippen LogP) is 3.93. The molecule has 0 heterocycles. The zero-order valence-corrected chi connectivity index (χ0v) is 16.8. The molecule has 0 aliphatic heterocycles. The van der Waals surface area contributed by atoms with Crippen LogP contribution in [0.1, 0.15) is 13.8 Å². The van der Waals surface area contributed by atoms with E-state index in [0.717, 1.165) is 0 Å². The fourth-order valence-corrected chi connectivity index (χ4v) is 3.39. The molecule has 0 aromatic heterocycles. The highest BCUT2D eigenvalue weighted by Gasteiger charge is 2.17. The SMILES string of the molecule is COc1ccc(Cl)cc1NS(=O)(=O)c1ccc(NC(=O)NCC(C)C)cc1. The Morgan fingerprint density at radius 1 is 1.15 bits per heavy atom. The van der Waals surface area contributed by atoms with Crippen molar-refractivity contribution in [3.63, 3.8) is 0 Å². The molecule has 0 unspecified atom stereocenters. The van der Waals surface area contributed by atoms with Crippen LogP contribution in [0.3, 0.4) is 0 Å². The first-order valence-electron chi connectivity index (χ1n) is 8.22. The molecule has 9 heteroatoms. The van der Waals surface area contributed by atoms with Gasteiger partial charge in [-0.1, -0.05) is 25.4 Å². The van der Waals surface area contributed by atoms with Gasteiger partial charge < -0.3 is 15.4 Å². The van der Waals surface area contributed by atoms with Gasteiger partial charge in [0.25, 0.3) is 10.0 Å². The van der Waals surface area contributed by atoms with Crippen molar-refractivity contribution in [2.75, 3.05) is 23.7 Å². The second kappa shape index (κ2) is 8.96. The van der Waals surface area contributed by atoms with Crippen LogP contribution in [-0.4, -0.2) is 28.1 Å². The molecule has 0 radical (unpaired) electrons. The van der Waals surface area contributed by atoms with Crippen LogP contribution in [-0.2, 0) is 10.0 Å². The monoisotopic (exact) mass is 411 g/mol. The van der Waals surface area contributed by atoms with E-state index in [-0.39, 0.29) is 16.6 Å². The second-order valence-electron chi connectivity index (χ2n) is 6.20. The lowest BCUT2D eigenvalue weighted by Crippen LogP contribution is -2.31. The fourth-order valence-electron chi connectivity index (χ4n) is 2.15. The molecule has 2 aromatic carbocycles. The van der Waals surface area contributed by atoms with Gasteiger partial charge in [-0.05, 0) is 48.4 Å². The molecule has 0 fully saturated rings. The molecule has 2 amide bonds. The highest BCUT2D eigenvalue weighted by molar-refractivity contribution is 7.92. The van der Waals surface area contributed by atoms with Gasteiger partial charge in [-0.25, -0.2) is 13.2 Å². The van der Waals surface area contributed by atoms with Gasteiger partial charge in [0, 0.05) is 17.3 Å². The number of nitrogens with one attached hydrogen (secondary N) is 3. The smallest absolute Gasteiger partial charge is 0.319 e. The van der Waals surface area contributed by atoms with Crippen LogP contribution in [0.5, 0.6) is 5.75 Å². The fraction of sp³-hybridized carbons (Fsp3) is 0.278. The molecule has 0 spiro atoms. The third kappa shape index (κ3) is 6.04. The minimum atomic E-state index is -3.85. The first-order valence-corrected chi connectivity index (χ1v) is 10.1. The highest BCUT2D eigenvalue weighted by atomic mass is 35.5. The molecule has 0 saturated carbocycles. The van der Waals surface area contributed by atoms with E-state index in [1.165, 1.54) is 37.4 Å². The van der Waals surface area contributed by atoms with Gasteiger partial charge in [0.1, 0.15) is 5.75 Å². The van der Waals surface area contributed by atoms with Crippen molar-refractivity contribution >= 4 is 39.0 Å². The van der Waals surface area contributed by atoms with Crippen LogP contribution in [0.25, 0.3) is 0 Å². The van der Waals surface area contributed by atoms with E-state index in [0.29, 0.717) is 28.9 Å². The Bertz CT molecular complexity index is 899. The Labute approximate surface area is 164 Å². The highest BCUT2D eigenvalue weighted by Crippen LogP contribution is 2.30. The average molecular weight is 412 g/mol. The van der Waals surface area contributed by atoms with Gasteiger partial charge in [-0.3, -0.25) is 4.72 Å². The van der Waals surface area contributed by atoms with Crippen LogP contribution in [0, 0.1) is 5.92 Å².